The summed E-state index contributed by atoms with van der Waals surface area (Å²) >= 11 is 0. The van der Waals surface area contributed by atoms with E-state index in [4.69, 9.17) is 4.74 Å². The van der Waals surface area contributed by atoms with Gasteiger partial charge < -0.3 is 15.0 Å². The second-order valence-corrected chi connectivity index (χ2v) is 6.40. The van der Waals surface area contributed by atoms with Crippen LogP contribution in [-0.2, 0) is 13.1 Å². The van der Waals surface area contributed by atoms with Gasteiger partial charge in [-0.2, -0.15) is 0 Å². The lowest BCUT2D eigenvalue weighted by atomic mass is 10.2. The molecule has 0 spiro atoms. The molecule has 2 aromatic rings. The second kappa shape index (κ2) is 8.46. The van der Waals surface area contributed by atoms with Crippen LogP contribution in [-0.4, -0.2) is 34.1 Å². The average Bonchev–Trinajstić information content (AvgIpc) is 3.14. The van der Waals surface area contributed by atoms with Gasteiger partial charge in [0.25, 0.3) is 0 Å². The monoisotopic (exact) mass is 340 g/mol. The summed E-state index contributed by atoms with van der Waals surface area (Å²) in [7, 11) is 1.77. The minimum atomic E-state index is -0.126. The van der Waals surface area contributed by atoms with Crippen LogP contribution in [0.2, 0.25) is 0 Å². The summed E-state index contributed by atoms with van der Waals surface area (Å²) in [6.45, 7) is 0.964. The van der Waals surface area contributed by atoms with Crippen LogP contribution in [0.25, 0.3) is 0 Å². The lowest BCUT2D eigenvalue weighted by molar-refractivity contribution is 0.200. The topological polar surface area (TPSA) is 67.4 Å². The van der Waals surface area contributed by atoms with Crippen LogP contribution >= 0.6 is 0 Å². The Morgan fingerprint density at radius 3 is 2.88 bits per heavy atom. The Morgan fingerprint density at radius 2 is 2.12 bits per heavy atom. The van der Waals surface area contributed by atoms with Crippen molar-refractivity contribution in [3.05, 3.63) is 54.0 Å². The summed E-state index contributed by atoms with van der Waals surface area (Å²) in [6.07, 6.45) is 10.1. The fourth-order valence-electron chi connectivity index (χ4n) is 2.95. The Labute approximate surface area is 148 Å². The van der Waals surface area contributed by atoms with Crippen LogP contribution in [0.5, 0.6) is 5.88 Å². The number of rotatable bonds is 6. The number of aromatic nitrogens is 2. The minimum absolute atomic E-state index is 0.126. The number of urea groups is 1. The van der Waals surface area contributed by atoms with E-state index >= 15 is 0 Å². The number of hydrogen-bond acceptors (Lipinski definition) is 4. The van der Waals surface area contributed by atoms with Crippen LogP contribution in [0.1, 0.15) is 36.8 Å². The third-order valence-corrected chi connectivity index (χ3v) is 4.32. The highest BCUT2D eigenvalue weighted by Gasteiger charge is 2.17. The fraction of sp³-hybridized carbons (Fsp3) is 0.421. The first-order valence-corrected chi connectivity index (χ1v) is 8.70. The van der Waals surface area contributed by atoms with Crippen LogP contribution < -0.4 is 10.1 Å². The predicted molar refractivity (Wildman–Crippen MR) is 95.1 cm³/mol. The van der Waals surface area contributed by atoms with Gasteiger partial charge in [-0.05, 0) is 48.9 Å². The van der Waals surface area contributed by atoms with Crippen molar-refractivity contribution in [3.63, 3.8) is 0 Å². The van der Waals surface area contributed by atoms with Crippen LogP contribution in [0, 0.1) is 0 Å². The molecule has 1 fully saturated rings. The maximum atomic E-state index is 12.2. The molecule has 1 saturated carbocycles. The Kier molecular flexibility index (Phi) is 5.82. The number of carbonyl (C=O) groups is 1. The van der Waals surface area contributed by atoms with E-state index in [9.17, 15) is 4.79 Å². The smallest absolute Gasteiger partial charge is 0.317 e. The van der Waals surface area contributed by atoms with Crippen molar-refractivity contribution in [2.75, 3.05) is 7.05 Å². The van der Waals surface area contributed by atoms with Crippen molar-refractivity contribution in [1.29, 1.82) is 0 Å². The summed E-state index contributed by atoms with van der Waals surface area (Å²) in [6, 6.07) is 7.48. The highest BCUT2D eigenvalue weighted by atomic mass is 16.5. The maximum absolute atomic E-state index is 12.2. The van der Waals surface area contributed by atoms with Gasteiger partial charge in [0.1, 0.15) is 6.10 Å². The van der Waals surface area contributed by atoms with Crippen molar-refractivity contribution >= 4 is 6.03 Å². The fourth-order valence-corrected chi connectivity index (χ4v) is 2.95. The molecule has 0 aliphatic heterocycles. The zero-order chi connectivity index (χ0) is 17.5. The number of amides is 2. The lowest BCUT2D eigenvalue weighted by Crippen LogP contribution is -2.36. The molecule has 0 bridgehead atoms. The Bertz CT molecular complexity index is 687. The first-order valence-electron chi connectivity index (χ1n) is 8.70. The molecule has 2 aromatic heterocycles. The first kappa shape index (κ1) is 17.2. The third kappa shape index (κ3) is 5.17. The molecule has 6 nitrogen and oxygen atoms in total. The number of nitrogens with zero attached hydrogens (tertiary/aromatic N) is 3. The largest absolute Gasteiger partial charge is 0.474 e. The van der Waals surface area contributed by atoms with Gasteiger partial charge in [0.2, 0.25) is 5.88 Å². The van der Waals surface area contributed by atoms with E-state index in [1.807, 2.05) is 24.3 Å². The molecule has 0 unspecified atom stereocenters. The van der Waals surface area contributed by atoms with Crippen LogP contribution in [0.15, 0.2) is 42.9 Å². The van der Waals surface area contributed by atoms with E-state index in [2.05, 4.69) is 15.3 Å². The van der Waals surface area contributed by atoms with E-state index in [0.29, 0.717) is 19.0 Å². The summed E-state index contributed by atoms with van der Waals surface area (Å²) in [5.74, 6) is 0.641. The Morgan fingerprint density at radius 1 is 1.28 bits per heavy atom. The molecule has 0 aromatic carbocycles. The van der Waals surface area contributed by atoms with E-state index in [1.54, 1.807) is 30.5 Å². The molecule has 1 aliphatic carbocycles. The second-order valence-electron chi connectivity index (χ2n) is 6.40. The predicted octanol–water partition coefficient (Wildman–Crippen LogP) is 3.14. The molecule has 2 heterocycles. The summed E-state index contributed by atoms with van der Waals surface area (Å²) < 4.78 is 5.91. The number of nitrogens with one attached hydrogen (secondary N) is 1. The number of hydrogen-bond donors (Lipinski definition) is 1. The average molecular weight is 340 g/mol. The molecule has 2 amide bonds. The van der Waals surface area contributed by atoms with E-state index < -0.39 is 0 Å². The normalized spacial score (nSPS) is 14.3. The van der Waals surface area contributed by atoms with Gasteiger partial charge in [-0.15, -0.1) is 0 Å². The van der Waals surface area contributed by atoms with Crippen molar-refractivity contribution in [2.24, 2.45) is 0 Å². The quantitative estimate of drug-likeness (QED) is 0.877. The Hall–Kier alpha value is -2.63. The molecule has 6 heteroatoms. The van der Waals surface area contributed by atoms with Crippen molar-refractivity contribution < 1.29 is 9.53 Å². The van der Waals surface area contributed by atoms with Gasteiger partial charge in [-0.3, -0.25) is 4.98 Å². The zero-order valence-corrected chi connectivity index (χ0v) is 14.5. The van der Waals surface area contributed by atoms with E-state index in [-0.39, 0.29) is 12.1 Å². The van der Waals surface area contributed by atoms with Gasteiger partial charge in [-0.1, -0.05) is 6.07 Å². The van der Waals surface area contributed by atoms with Crippen molar-refractivity contribution in [2.45, 2.75) is 44.9 Å². The van der Waals surface area contributed by atoms with Gasteiger partial charge in [0, 0.05) is 44.8 Å². The van der Waals surface area contributed by atoms with Gasteiger partial charge >= 0.3 is 6.03 Å². The van der Waals surface area contributed by atoms with Crippen LogP contribution in [0.3, 0.4) is 0 Å². The summed E-state index contributed by atoms with van der Waals surface area (Å²) in [4.78, 5) is 22.2. The maximum Gasteiger partial charge on any atom is 0.317 e. The number of pyridine rings is 2. The molecular formula is C19H24N4O2. The Balaban J connectivity index is 1.49. The molecule has 1 N–H and O–H groups in total. The molecule has 25 heavy (non-hydrogen) atoms. The highest BCUT2D eigenvalue weighted by Crippen LogP contribution is 2.23. The first-order chi connectivity index (χ1) is 12.2. The highest BCUT2D eigenvalue weighted by molar-refractivity contribution is 5.73. The molecule has 132 valence electrons. The van der Waals surface area contributed by atoms with Gasteiger partial charge in [0.15, 0.2) is 0 Å². The molecule has 0 saturated heterocycles. The van der Waals surface area contributed by atoms with Crippen molar-refractivity contribution in [1.82, 2.24) is 20.2 Å². The number of carbonyl (C=O) groups excluding carboxylic acids is 1. The number of ether oxygens (including phenoxy) is 1. The van der Waals surface area contributed by atoms with E-state index in [1.165, 1.54) is 12.8 Å². The zero-order valence-electron chi connectivity index (χ0n) is 14.5. The summed E-state index contributed by atoms with van der Waals surface area (Å²) in [5, 5.41) is 2.92. The molecular weight excluding hydrogens is 316 g/mol. The minimum Gasteiger partial charge on any atom is -0.474 e. The third-order valence-electron chi connectivity index (χ3n) is 4.32. The molecule has 0 atom stereocenters. The molecule has 0 radical (unpaired) electrons. The van der Waals surface area contributed by atoms with Gasteiger partial charge in [-0.25, -0.2) is 9.78 Å². The molecule has 1 aliphatic rings. The lowest BCUT2D eigenvalue weighted by Gasteiger charge is -2.18. The van der Waals surface area contributed by atoms with Crippen LogP contribution in [0.4, 0.5) is 4.79 Å². The van der Waals surface area contributed by atoms with Gasteiger partial charge in [0.05, 0.1) is 0 Å². The SMILES string of the molecule is CN(Cc1cccnc1)C(=O)NCc1ccnc(OC2CCCC2)c1. The van der Waals surface area contributed by atoms with E-state index in [0.717, 1.165) is 24.0 Å². The van der Waals surface area contributed by atoms with Crippen molar-refractivity contribution in [3.8, 4) is 5.88 Å². The summed E-state index contributed by atoms with van der Waals surface area (Å²) in [5.41, 5.74) is 1.97. The standard InChI is InChI=1S/C19H24N4O2/c1-23(14-16-5-4-9-20-12-16)19(24)22-13-15-8-10-21-18(11-15)25-17-6-2-3-7-17/h4-5,8-12,17H,2-3,6-7,13-14H2,1H3,(H,22,24). The molecule has 3 rings (SSSR count).